The van der Waals surface area contributed by atoms with Crippen molar-refractivity contribution in [2.75, 3.05) is 6.61 Å². The van der Waals surface area contributed by atoms with Gasteiger partial charge in [0.25, 0.3) is 0 Å². The average Bonchev–Trinajstić information content (AvgIpc) is 2.61. The van der Waals surface area contributed by atoms with E-state index in [9.17, 15) is 0 Å². The third-order valence-electron chi connectivity index (χ3n) is 2.32. The highest BCUT2D eigenvalue weighted by Gasteiger charge is 2.14. The zero-order valence-electron chi connectivity index (χ0n) is 8.18. The van der Waals surface area contributed by atoms with E-state index in [1.54, 1.807) is 24.1 Å². The zero-order chi connectivity index (χ0) is 11.0. The predicted octanol–water partition coefficient (Wildman–Crippen LogP) is 0.614. The Bertz CT molecular complexity index is 496. The number of nitrogens with two attached hydrogens (primary N) is 1. The minimum absolute atomic E-state index is 0.160. The van der Waals surface area contributed by atoms with Crippen LogP contribution in [0.2, 0.25) is 5.02 Å². The van der Waals surface area contributed by atoms with Crippen molar-refractivity contribution in [2.24, 2.45) is 12.8 Å². The van der Waals surface area contributed by atoms with Gasteiger partial charge in [0.05, 0.1) is 29.3 Å². The Morgan fingerprint density at radius 1 is 1.60 bits per heavy atom. The summed E-state index contributed by atoms with van der Waals surface area (Å²) in [5.41, 5.74) is 7.03. The summed E-state index contributed by atoms with van der Waals surface area (Å²) >= 11 is 6.14. The molecule has 0 spiro atoms. The Balaban J connectivity index is 2.65. The molecule has 0 aliphatic carbocycles. The molecule has 0 aliphatic rings. The second-order valence-corrected chi connectivity index (χ2v) is 3.70. The van der Waals surface area contributed by atoms with Crippen LogP contribution in [0.4, 0.5) is 0 Å². The van der Waals surface area contributed by atoms with Crippen molar-refractivity contribution in [1.82, 2.24) is 14.8 Å². The van der Waals surface area contributed by atoms with Gasteiger partial charge in [-0.05, 0) is 0 Å². The lowest BCUT2D eigenvalue weighted by Crippen LogP contribution is -2.15. The number of aliphatic hydroxyl groups excluding tert-OH is 1. The number of halogens is 1. The second-order valence-electron chi connectivity index (χ2n) is 3.32. The summed E-state index contributed by atoms with van der Waals surface area (Å²) in [5, 5.41) is 14.3. The van der Waals surface area contributed by atoms with E-state index in [2.05, 4.69) is 10.1 Å². The SMILES string of the molecule is Cn1ncc2c(Cl)c(C(N)CO)cnc21. The Labute approximate surface area is 91.5 Å². The summed E-state index contributed by atoms with van der Waals surface area (Å²) in [6.45, 7) is -0.160. The first-order valence-electron chi connectivity index (χ1n) is 4.47. The molecule has 0 bridgehead atoms. The quantitative estimate of drug-likeness (QED) is 0.787. The molecular formula is C9H11ClN4O. The maximum absolute atomic E-state index is 8.96. The van der Waals surface area contributed by atoms with E-state index in [4.69, 9.17) is 22.4 Å². The number of pyridine rings is 1. The van der Waals surface area contributed by atoms with Gasteiger partial charge >= 0.3 is 0 Å². The van der Waals surface area contributed by atoms with Crippen LogP contribution in [0.1, 0.15) is 11.6 Å². The van der Waals surface area contributed by atoms with E-state index in [1.807, 2.05) is 0 Å². The van der Waals surface area contributed by atoms with Crippen molar-refractivity contribution in [3.05, 3.63) is 23.0 Å². The van der Waals surface area contributed by atoms with Gasteiger partial charge in [-0.3, -0.25) is 4.68 Å². The molecule has 0 fully saturated rings. The van der Waals surface area contributed by atoms with Crippen LogP contribution in [0, 0.1) is 0 Å². The average molecular weight is 227 g/mol. The molecule has 0 radical (unpaired) electrons. The summed E-state index contributed by atoms with van der Waals surface area (Å²) in [4.78, 5) is 4.20. The fraction of sp³-hybridized carbons (Fsp3) is 0.333. The standard InChI is InChI=1S/C9H11ClN4O/c1-14-9-6(3-13-14)8(10)5(2-12-9)7(11)4-15/h2-3,7,15H,4,11H2,1H3. The largest absolute Gasteiger partial charge is 0.394 e. The molecule has 2 aromatic heterocycles. The van der Waals surface area contributed by atoms with Crippen LogP contribution in [-0.2, 0) is 7.05 Å². The molecule has 0 aliphatic heterocycles. The van der Waals surface area contributed by atoms with E-state index in [-0.39, 0.29) is 6.61 Å². The molecule has 2 rings (SSSR count). The second kappa shape index (κ2) is 3.77. The first-order chi connectivity index (χ1) is 7.15. The molecule has 5 nitrogen and oxygen atoms in total. The van der Waals surface area contributed by atoms with Crippen molar-refractivity contribution in [3.8, 4) is 0 Å². The maximum atomic E-state index is 8.96. The van der Waals surface area contributed by atoms with E-state index in [0.29, 0.717) is 16.2 Å². The van der Waals surface area contributed by atoms with Gasteiger partial charge in [0.15, 0.2) is 5.65 Å². The Morgan fingerprint density at radius 2 is 2.33 bits per heavy atom. The topological polar surface area (TPSA) is 77.0 Å². The highest BCUT2D eigenvalue weighted by molar-refractivity contribution is 6.36. The minimum atomic E-state index is -0.505. The number of nitrogens with zero attached hydrogens (tertiary/aromatic N) is 3. The summed E-state index contributed by atoms with van der Waals surface area (Å²) in [6, 6.07) is -0.505. The van der Waals surface area contributed by atoms with Crippen molar-refractivity contribution < 1.29 is 5.11 Å². The monoisotopic (exact) mass is 226 g/mol. The minimum Gasteiger partial charge on any atom is -0.394 e. The molecular weight excluding hydrogens is 216 g/mol. The normalized spacial score (nSPS) is 13.3. The number of rotatable bonds is 2. The Hall–Kier alpha value is -1.17. The Kier molecular flexibility index (Phi) is 2.60. The maximum Gasteiger partial charge on any atom is 0.158 e. The summed E-state index contributed by atoms with van der Waals surface area (Å²) in [7, 11) is 1.79. The van der Waals surface area contributed by atoms with Gasteiger partial charge in [0.2, 0.25) is 0 Å². The molecule has 0 saturated heterocycles. The molecule has 80 valence electrons. The van der Waals surface area contributed by atoms with Crippen LogP contribution in [0.15, 0.2) is 12.4 Å². The summed E-state index contributed by atoms with van der Waals surface area (Å²) in [6.07, 6.45) is 3.21. The number of hydrogen-bond donors (Lipinski definition) is 2. The number of aromatic nitrogens is 3. The lowest BCUT2D eigenvalue weighted by Gasteiger charge is -2.10. The van der Waals surface area contributed by atoms with Crippen LogP contribution in [0.25, 0.3) is 11.0 Å². The molecule has 0 aromatic carbocycles. The van der Waals surface area contributed by atoms with E-state index in [0.717, 1.165) is 5.39 Å². The third-order valence-corrected chi connectivity index (χ3v) is 2.74. The lowest BCUT2D eigenvalue weighted by molar-refractivity contribution is 0.268. The Morgan fingerprint density at radius 3 is 3.00 bits per heavy atom. The highest BCUT2D eigenvalue weighted by atomic mass is 35.5. The molecule has 0 saturated carbocycles. The van der Waals surface area contributed by atoms with Gasteiger partial charge in [0, 0.05) is 18.8 Å². The van der Waals surface area contributed by atoms with Gasteiger partial charge in [-0.2, -0.15) is 5.10 Å². The van der Waals surface area contributed by atoms with Crippen LogP contribution >= 0.6 is 11.6 Å². The number of aryl methyl sites for hydroxylation is 1. The van der Waals surface area contributed by atoms with Gasteiger partial charge in [0.1, 0.15) is 0 Å². The smallest absolute Gasteiger partial charge is 0.158 e. The van der Waals surface area contributed by atoms with Crippen LogP contribution < -0.4 is 5.73 Å². The van der Waals surface area contributed by atoms with E-state index >= 15 is 0 Å². The van der Waals surface area contributed by atoms with Crippen molar-refractivity contribution in [3.63, 3.8) is 0 Å². The number of aliphatic hydroxyl groups is 1. The van der Waals surface area contributed by atoms with Gasteiger partial charge < -0.3 is 10.8 Å². The van der Waals surface area contributed by atoms with Crippen molar-refractivity contribution >= 4 is 22.6 Å². The molecule has 1 atom stereocenters. The summed E-state index contributed by atoms with van der Waals surface area (Å²) < 4.78 is 1.63. The number of fused-ring (bicyclic) bond motifs is 1. The first kappa shape index (κ1) is 10.4. The van der Waals surface area contributed by atoms with Crippen molar-refractivity contribution in [1.29, 1.82) is 0 Å². The first-order valence-corrected chi connectivity index (χ1v) is 4.85. The molecule has 0 amide bonds. The predicted molar refractivity (Wildman–Crippen MR) is 57.5 cm³/mol. The van der Waals surface area contributed by atoms with Gasteiger partial charge in [-0.25, -0.2) is 4.98 Å². The van der Waals surface area contributed by atoms with Crippen molar-refractivity contribution in [2.45, 2.75) is 6.04 Å². The molecule has 6 heteroatoms. The molecule has 2 heterocycles. The molecule has 15 heavy (non-hydrogen) atoms. The van der Waals surface area contributed by atoms with Gasteiger partial charge in [-0.15, -0.1) is 0 Å². The fourth-order valence-electron chi connectivity index (χ4n) is 1.44. The molecule has 2 aromatic rings. The third kappa shape index (κ3) is 1.58. The number of hydrogen-bond acceptors (Lipinski definition) is 4. The van der Waals surface area contributed by atoms with Crippen LogP contribution in [0.5, 0.6) is 0 Å². The lowest BCUT2D eigenvalue weighted by atomic mass is 10.1. The molecule has 3 N–H and O–H groups in total. The molecule has 1 unspecified atom stereocenters. The van der Waals surface area contributed by atoms with E-state index < -0.39 is 6.04 Å². The highest BCUT2D eigenvalue weighted by Crippen LogP contribution is 2.28. The summed E-state index contributed by atoms with van der Waals surface area (Å²) in [5.74, 6) is 0. The van der Waals surface area contributed by atoms with E-state index in [1.165, 1.54) is 0 Å². The van der Waals surface area contributed by atoms with Crippen LogP contribution in [-0.4, -0.2) is 26.5 Å². The van der Waals surface area contributed by atoms with Crippen LogP contribution in [0.3, 0.4) is 0 Å². The van der Waals surface area contributed by atoms with Gasteiger partial charge in [-0.1, -0.05) is 11.6 Å². The fourth-order valence-corrected chi connectivity index (χ4v) is 1.76. The zero-order valence-corrected chi connectivity index (χ0v) is 8.94.